The smallest absolute Gasteiger partial charge is 0.251 e. The molecule has 2 amide bonds. The molecule has 2 aromatic carbocycles. The summed E-state index contributed by atoms with van der Waals surface area (Å²) >= 11 is 6.45. The molecule has 8 nitrogen and oxygen atoms in total. The van der Waals surface area contributed by atoms with Gasteiger partial charge in [0.2, 0.25) is 0 Å². The summed E-state index contributed by atoms with van der Waals surface area (Å²) < 4.78 is 0. The number of amides is 2. The number of rotatable bonds is 8. The number of likely N-dealkylation sites (tertiary alicyclic amines) is 1. The van der Waals surface area contributed by atoms with E-state index in [0.717, 1.165) is 81.0 Å². The number of piperidine rings is 2. The Morgan fingerprint density at radius 1 is 0.778 bits per heavy atom. The van der Waals surface area contributed by atoms with Crippen molar-refractivity contribution in [2.75, 3.05) is 31.1 Å². The van der Waals surface area contributed by atoms with Crippen LogP contribution < -0.4 is 15.5 Å². The maximum atomic E-state index is 13.1. The lowest BCUT2D eigenvalue weighted by molar-refractivity contribution is 0.0906. The Bertz CT molecular complexity index is 1600. The van der Waals surface area contributed by atoms with Crippen LogP contribution >= 0.6 is 11.6 Å². The van der Waals surface area contributed by atoms with Crippen LogP contribution in [0.3, 0.4) is 0 Å². The van der Waals surface area contributed by atoms with E-state index in [-0.39, 0.29) is 23.9 Å². The molecule has 0 spiro atoms. The van der Waals surface area contributed by atoms with Gasteiger partial charge in [0.1, 0.15) is 5.82 Å². The van der Waals surface area contributed by atoms with Crippen molar-refractivity contribution < 1.29 is 9.59 Å². The average molecular weight is 623 g/mol. The van der Waals surface area contributed by atoms with Crippen LogP contribution in [-0.4, -0.2) is 64.9 Å². The summed E-state index contributed by atoms with van der Waals surface area (Å²) in [6.07, 6.45) is 7.36. The molecule has 0 saturated carbocycles. The first kappa shape index (κ1) is 30.7. The Hall–Kier alpha value is -4.27. The van der Waals surface area contributed by atoms with Gasteiger partial charge in [0.25, 0.3) is 11.8 Å². The number of anilines is 1. The number of carbonyl (C=O) groups excluding carboxylic acids is 2. The molecule has 45 heavy (non-hydrogen) atoms. The van der Waals surface area contributed by atoms with Gasteiger partial charge in [-0.1, -0.05) is 41.9 Å². The van der Waals surface area contributed by atoms with Gasteiger partial charge in [-0.2, -0.15) is 0 Å². The fourth-order valence-corrected chi connectivity index (χ4v) is 6.31. The monoisotopic (exact) mass is 622 g/mol. The van der Waals surface area contributed by atoms with Gasteiger partial charge in [-0.15, -0.1) is 0 Å². The molecular weight excluding hydrogens is 584 g/mol. The fraction of sp³-hybridized carbons (Fsp3) is 0.333. The van der Waals surface area contributed by atoms with Crippen molar-refractivity contribution in [2.24, 2.45) is 0 Å². The molecule has 4 aromatic rings. The molecule has 2 fully saturated rings. The quantitative estimate of drug-likeness (QED) is 0.254. The lowest BCUT2D eigenvalue weighted by atomic mass is 10.0. The van der Waals surface area contributed by atoms with Crippen LogP contribution in [0.2, 0.25) is 5.02 Å². The van der Waals surface area contributed by atoms with Crippen LogP contribution in [0.5, 0.6) is 0 Å². The summed E-state index contributed by atoms with van der Waals surface area (Å²) in [5, 5.41) is 7.00. The van der Waals surface area contributed by atoms with E-state index < -0.39 is 0 Å². The van der Waals surface area contributed by atoms with E-state index in [1.807, 2.05) is 61.7 Å². The molecule has 0 bridgehead atoms. The van der Waals surface area contributed by atoms with E-state index in [0.29, 0.717) is 16.1 Å². The standard InChI is InChI=1S/C36H39ClN6O2/c1-25-7-9-29(23-38-25)32-21-28(10-11-33(32)37)36(45)41-30-13-17-42(18-14-30)24-26-8-12-34(39-22-26)43-19-15-31(16-20-43)40-35(44)27-5-3-2-4-6-27/h2-12,21-23,30-31H,13-20,24H2,1H3,(H,40,44)(H,41,45). The van der Waals surface area contributed by atoms with Gasteiger partial charge >= 0.3 is 0 Å². The largest absolute Gasteiger partial charge is 0.356 e. The summed E-state index contributed by atoms with van der Waals surface area (Å²) in [6.45, 7) is 6.34. The van der Waals surface area contributed by atoms with E-state index in [9.17, 15) is 9.59 Å². The zero-order valence-electron chi connectivity index (χ0n) is 25.6. The Morgan fingerprint density at radius 2 is 1.47 bits per heavy atom. The zero-order chi connectivity index (χ0) is 31.2. The second-order valence-corrected chi connectivity index (χ2v) is 12.4. The molecule has 2 aliphatic heterocycles. The topological polar surface area (TPSA) is 90.5 Å². The normalized spacial score (nSPS) is 16.4. The van der Waals surface area contributed by atoms with Crippen molar-refractivity contribution in [2.45, 2.75) is 51.2 Å². The van der Waals surface area contributed by atoms with E-state index in [2.05, 4.69) is 37.6 Å². The second kappa shape index (κ2) is 14.2. The molecule has 2 aromatic heterocycles. The molecule has 0 atom stereocenters. The minimum absolute atomic E-state index is 0.00469. The lowest BCUT2D eigenvalue weighted by Gasteiger charge is -2.34. The third-order valence-electron chi connectivity index (χ3n) is 8.78. The van der Waals surface area contributed by atoms with E-state index in [4.69, 9.17) is 16.6 Å². The van der Waals surface area contributed by atoms with E-state index in [1.165, 1.54) is 5.56 Å². The van der Waals surface area contributed by atoms with E-state index >= 15 is 0 Å². The number of benzene rings is 2. The number of hydrogen-bond acceptors (Lipinski definition) is 6. The SMILES string of the molecule is Cc1ccc(-c2cc(C(=O)NC3CCN(Cc4ccc(N5CCC(NC(=O)c6ccccc6)CC5)nc4)CC3)ccc2Cl)cn1. The summed E-state index contributed by atoms with van der Waals surface area (Å²) in [6, 6.07) is 23.3. The number of hydrogen-bond donors (Lipinski definition) is 2. The average Bonchev–Trinajstić information content (AvgIpc) is 3.07. The van der Waals surface area contributed by atoms with Crippen LogP contribution in [0.1, 0.15) is 57.7 Å². The van der Waals surface area contributed by atoms with Crippen molar-refractivity contribution in [3.8, 4) is 11.1 Å². The number of halogens is 1. The molecule has 2 aliphatic rings. The minimum atomic E-state index is -0.0752. The highest BCUT2D eigenvalue weighted by Crippen LogP contribution is 2.29. The molecule has 232 valence electrons. The van der Waals surface area contributed by atoms with Crippen molar-refractivity contribution in [3.63, 3.8) is 0 Å². The highest BCUT2D eigenvalue weighted by Gasteiger charge is 2.24. The zero-order valence-corrected chi connectivity index (χ0v) is 26.3. The number of pyridine rings is 2. The van der Waals surface area contributed by atoms with Gasteiger partial charge in [0.15, 0.2) is 0 Å². The van der Waals surface area contributed by atoms with Crippen LogP contribution in [-0.2, 0) is 6.54 Å². The Labute approximate surface area is 269 Å². The van der Waals surface area contributed by atoms with Crippen LogP contribution in [0.25, 0.3) is 11.1 Å². The van der Waals surface area contributed by atoms with Gasteiger partial charge in [0.05, 0.1) is 0 Å². The predicted molar refractivity (Wildman–Crippen MR) is 179 cm³/mol. The van der Waals surface area contributed by atoms with E-state index in [1.54, 1.807) is 18.3 Å². The van der Waals surface area contributed by atoms with Crippen molar-refractivity contribution in [1.29, 1.82) is 0 Å². The first-order valence-corrected chi connectivity index (χ1v) is 16.1. The molecular formula is C36H39ClN6O2. The summed E-state index contributed by atoms with van der Waals surface area (Å²) in [7, 11) is 0. The third-order valence-corrected chi connectivity index (χ3v) is 9.11. The Morgan fingerprint density at radius 3 is 2.11 bits per heavy atom. The Kier molecular flexibility index (Phi) is 9.72. The van der Waals surface area contributed by atoms with Crippen LogP contribution in [0.15, 0.2) is 85.2 Å². The van der Waals surface area contributed by atoms with Crippen LogP contribution in [0, 0.1) is 6.92 Å². The highest BCUT2D eigenvalue weighted by molar-refractivity contribution is 6.33. The van der Waals surface area contributed by atoms with Gasteiger partial charge < -0.3 is 15.5 Å². The highest BCUT2D eigenvalue weighted by atomic mass is 35.5. The maximum Gasteiger partial charge on any atom is 0.251 e. The summed E-state index contributed by atoms with van der Waals surface area (Å²) in [5.41, 5.74) is 5.13. The molecule has 0 radical (unpaired) electrons. The second-order valence-electron chi connectivity index (χ2n) is 12.0. The van der Waals surface area contributed by atoms with Crippen molar-refractivity contribution in [1.82, 2.24) is 25.5 Å². The predicted octanol–water partition coefficient (Wildman–Crippen LogP) is 5.90. The number of aryl methyl sites for hydroxylation is 1. The first-order valence-electron chi connectivity index (χ1n) is 15.7. The van der Waals surface area contributed by atoms with Crippen molar-refractivity contribution >= 4 is 29.2 Å². The number of nitrogens with one attached hydrogen (secondary N) is 2. The molecule has 0 unspecified atom stereocenters. The number of aromatic nitrogens is 2. The minimum Gasteiger partial charge on any atom is -0.356 e. The van der Waals surface area contributed by atoms with Gasteiger partial charge in [-0.25, -0.2) is 4.98 Å². The fourth-order valence-electron chi connectivity index (χ4n) is 6.09. The number of carbonyl (C=O) groups is 2. The Balaban J connectivity index is 0.943. The van der Waals surface area contributed by atoms with Gasteiger partial charge in [-0.05, 0) is 80.6 Å². The summed E-state index contributed by atoms with van der Waals surface area (Å²) in [4.78, 5) is 39.5. The van der Waals surface area contributed by atoms with Gasteiger partial charge in [0, 0.05) is 90.2 Å². The molecule has 9 heteroatoms. The molecule has 6 rings (SSSR count). The van der Waals surface area contributed by atoms with Gasteiger partial charge in [-0.3, -0.25) is 19.5 Å². The van der Waals surface area contributed by atoms with Crippen LogP contribution in [0.4, 0.5) is 5.82 Å². The van der Waals surface area contributed by atoms with Crippen molar-refractivity contribution in [3.05, 3.63) is 113 Å². The molecule has 0 aliphatic carbocycles. The maximum absolute atomic E-state index is 13.1. The molecule has 2 saturated heterocycles. The molecule has 4 heterocycles. The summed E-state index contributed by atoms with van der Waals surface area (Å²) in [5.74, 6) is 0.903. The first-order chi connectivity index (χ1) is 21.9. The molecule has 2 N–H and O–H groups in total. The number of nitrogens with zero attached hydrogens (tertiary/aromatic N) is 4. The third kappa shape index (κ3) is 7.88. The lowest BCUT2D eigenvalue weighted by Crippen LogP contribution is -2.45.